The Balaban J connectivity index is 2.08. The molecule has 3 rings (SSSR count). The normalized spacial score (nSPS) is 18.1. The monoisotopic (exact) mass is 322 g/mol. The number of carbonyl (C=O) groups is 1. The van der Waals surface area contributed by atoms with Crippen LogP contribution in [-0.4, -0.2) is 11.0 Å². The predicted molar refractivity (Wildman–Crippen MR) is 95.7 cm³/mol. The Labute approximate surface area is 142 Å². The number of amides is 1. The molecule has 1 heterocycles. The second kappa shape index (κ2) is 6.04. The molecule has 0 aromatic heterocycles. The molecule has 2 aromatic rings. The van der Waals surface area contributed by atoms with E-state index in [1.165, 1.54) is 6.20 Å². The van der Waals surface area contributed by atoms with Crippen LogP contribution in [0.1, 0.15) is 38.1 Å². The molecule has 1 aliphatic rings. The smallest absolute Gasteiger partial charge is 0.296 e. The van der Waals surface area contributed by atoms with Gasteiger partial charge in [-0.15, -0.1) is 0 Å². The Bertz CT molecular complexity index is 776. The van der Waals surface area contributed by atoms with Crippen molar-refractivity contribution in [1.29, 1.82) is 0 Å². The molecule has 124 valence electrons. The molecule has 24 heavy (non-hydrogen) atoms. The number of aliphatic hydroxyl groups excluding tert-OH is 1. The van der Waals surface area contributed by atoms with Crippen LogP contribution in [0, 0.1) is 0 Å². The average Bonchev–Trinajstić information content (AvgIpc) is 2.57. The van der Waals surface area contributed by atoms with Crippen LogP contribution < -0.4 is 10.2 Å². The van der Waals surface area contributed by atoms with Gasteiger partial charge in [-0.2, -0.15) is 0 Å². The minimum absolute atomic E-state index is 0.0254. The fourth-order valence-electron chi connectivity index (χ4n) is 2.80. The van der Waals surface area contributed by atoms with Gasteiger partial charge in [-0.25, -0.2) is 0 Å². The highest BCUT2D eigenvalue weighted by molar-refractivity contribution is 6.05. The van der Waals surface area contributed by atoms with Crippen molar-refractivity contribution < 1.29 is 9.90 Å². The summed E-state index contributed by atoms with van der Waals surface area (Å²) in [6.07, 6.45) is 1.01. The summed E-state index contributed by atoms with van der Waals surface area (Å²) in [6, 6.07) is 17.6. The minimum Gasteiger partial charge on any atom is -0.502 e. The SMILES string of the molecule is CC(C)(C)c1cccc(N2C(=O)C(O)=CNC2c2ccccc2)c1. The number of benzene rings is 2. The van der Waals surface area contributed by atoms with Gasteiger partial charge in [0.2, 0.25) is 0 Å². The first-order chi connectivity index (χ1) is 11.4. The van der Waals surface area contributed by atoms with Gasteiger partial charge in [0.25, 0.3) is 5.91 Å². The Kier molecular flexibility index (Phi) is 4.06. The molecule has 0 bridgehead atoms. The van der Waals surface area contributed by atoms with Gasteiger partial charge in [-0.1, -0.05) is 63.2 Å². The molecule has 1 atom stereocenters. The van der Waals surface area contributed by atoms with E-state index in [1.807, 2.05) is 48.5 Å². The molecule has 1 unspecified atom stereocenters. The molecule has 0 aliphatic carbocycles. The summed E-state index contributed by atoms with van der Waals surface area (Å²) in [5.74, 6) is -0.697. The van der Waals surface area contributed by atoms with Crippen LogP contribution >= 0.6 is 0 Å². The van der Waals surface area contributed by atoms with Gasteiger partial charge in [0, 0.05) is 11.9 Å². The maximum Gasteiger partial charge on any atom is 0.296 e. The molecule has 1 aliphatic heterocycles. The molecule has 4 nitrogen and oxygen atoms in total. The molecule has 1 amide bonds. The lowest BCUT2D eigenvalue weighted by Crippen LogP contribution is -2.45. The van der Waals surface area contributed by atoms with Crippen molar-refractivity contribution in [1.82, 2.24) is 5.32 Å². The minimum atomic E-state index is -0.409. The van der Waals surface area contributed by atoms with E-state index in [-0.39, 0.29) is 17.3 Å². The number of nitrogens with one attached hydrogen (secondary N) is 1. The van der Waals surface area contributed by atoms with Gasteiger partial charge >= 0.3 is 0 Å². The third-order valence-electron chi connectivity index (χ3n) is 4.18. The zero-order valence-electron chi connectivity index (χ0n) is 14.2. The van der Waals surface area contributed by atoms with E-state index >= 15 is 0 Å². The lowest BCUT2D eigenvalue weighted by Gasteiger charge is -2.35. The van der Waals surface area contributed by atoms with Crippen molar-refractivity contribution in [2.45, 2.75) is 32.4 Å². The zero-order valence-corrected chi connectivity index (χ0v) is 14.2. The van der Waals surface area contributed by atoms with E-state index in [0.717, 1.165) is 16.8 Å². The first kappa shape index (κ1) is 16.1. The number of anilines is 1. The fraction of sp³-hybridized carbons (Fsp3) is 0.250. The topological polar surface area (TPSA) is 52.6 Å². The Morgan fingerprint density at radius 2 is 1.75 bits per heavy atom. The van der Waals surface area contributed by atoms with Crippen LogP contribution in [-0.2, 0) is 10.2 Å². The van der Waals surface area contributed by atoms with Gasteiger partial charge in [-0.3, -0.25) is 9.69 Å². The van der Waals surface area contributed by atoms with Gasteiger partial charge in [0.15, 0.2) is 5.76 Å². The highest BCUT2D eigenvalue weighted by Crippen LogP contribution is 2.32. The molecule has 0 fully saturated rings. The van der Waals surface area contributed by atoms with Crippen molar-refractivity contribution in [3.05, 3.63) is 77.7 Å². The molecule has 2 aromatic carbocycles. The van der Waals surface area contributed by atoms with Crippen LogP contribution in [0.3, 0.4) is 0 Å². The number of aliphatic hydroxyl groups is 1. The average molecular weight is 322 g/mol. The molecule has 0 radical (unpaired) electrons. The maximum absolute atomic E-state index is 12.6. The third-order valence-corrected chi connectivity index (χ3v) is 4.18. The number of nitrogens with zero attached hydrogens (tertiary/aromatic N) is 1. The lowest BCUT2D eigenvalue weighted by molar-refractivity contribution is -0.118. The second-order valence-corrected chi connectivity index (χ2v) is 6.98. The first-order valence-corrected chi connectivity index (χ1v) is 8.02. The Morgan fingerprint density at radius 3 is 2.42 bits per heavy atom. The van der Waals surface area contributed by atoms with Crippen molar-refractivity contribution in [3.8, 4) is 0 Å². The first-order valence-electron chi connectivity index (χ1n) is 8.02. The largest absolute Gasteiger partial charge is 0.502 e. The lowest BCUT2D eigenvalue weighted by atomic mass is 9.87. The molecular weight excluding hydrogens is 300 g/mol. The summed E-state index contributed by atoms with van der Waals surface area (Å²) in [5.41, 5.74) is 2.82. The van der Waals surface area contributed by atoms with Gasteiger partial charge in [-0.05, 0) is 28.7 Å². The van der Waals surface area contributed by atoms with Crippen molar-refractivity contribution in [2.75, 3.05) is 4.90 Å². The third kappa shape index (κ3) is 3.00. The second-order valence-electron chi connectivity index (χ2n) is 6.98. The van der Waals surface area contributed by atoms with E-state index in [4.69, 9.17) is 0 Å². The van der Waals surface area contributed by atoms with Crippen molar-refractivity contribution in [2.24, 2.45) is 0 Å². The highest BCUT2D eigenvalue weighted by atomic mass is 16.3. The van der Waals surface area contributed by atoms with Crippen LogP contribution in [0.5, 0.6) is 0 Å². The van der Waals surface area contributed by atoms with Crippen molar-refractivity contribution in [3.63, 3.8) is 0 Å². The summed E-state index contributed by atoms with van der Waals surface area (Å²) in [4.78, 5) is 14.2. The molecule has 0 saturated heterocycles. The van der Waals surface area contributed by atoms with Crippen molar-refractivity contribution >= 4 is 11.6 Å². The predicted octanol–water partition coefficient (Wildman–Crippen LogP) is 4.02. The highest BCUT2D eigenvalue weighted by Gasteiger charge is 2.32. The summed E-state index contributed by atoms with van der Waals surface area (Å²) in [7, 11) is 0. The van der Waals surface area contributed by atoms with Gasteiger partial charge in [0.1, 0.15) is 6.17 Å². The van der Waals surface area contributed by atoms with Crippen LogP contribution in [0.15, 0.2) is 66.6 Å². The van der Waals surface area contributed by atoms with E-state index in [1.54, 1.807) is 4.90 Å². The quantitative estimate of drug-likeness (QED) is 0.878. The van der Waals surface area contributed by atoms with Crippen LogP contribution in [0.2, 0.25) is 0 Å². The molecule has 2 N–H and O–H groups in total. The van der Waals surface area contributed by atoms with Crippen LogP contribution in [0.4, 0.5) is 5.69 Å². The van der Waals surface area contributed by atoms with E-state index in [2.05, 4.69) is 32.2 Å². The molecule has 4 heteroatoms. The van der Waals surface area contributed by atoms with E-state index < -0.39 is 5.91 Å². The molecule has 0 spiro atoms. The number of rotatable bonds is 2. The zero-order chi connectivity index (χ0) is 17.3. The maximum atomic E-state index is 12.6. The Hall–Kier alpha value is -2.75. The number of carbonyl (C=O) groups excluding carboxylic acids is 1. The standard InChI is InChI=1S/C20H22N2O2/c1-20(2,3)15-10-7-11-16(12-15)22-18(14-8-5-4-6-9-14)21-13-17(23)19(22)24/h4-13,18,21,23H,1-3H3. The summed E-state index contributed by atoms with van der Waals surface area (Å²) in [6.45, 7) is 6.40. The van der Waals surface area contributed by atoms with Crippen LogP contribution in [0.25, 0.3) is 0 Å². The Morgan fingerprint density at radius 1 is 1.04 bits per heavy atom. The number of hydrogen-bond donors (Lipinski definition) is 2. The molecule has 0 saturated carbocycles. The summed E-state index contributed by atoms with van der Waals surface area (Å²) >= 11 is 0. The van der Waals surface area contributed by atoms with Gasteiger partial charge < -0.3 is 10.4 Å². The fourth-order valence-corrected chi connectivity index (χ4v) is 2.80. The molecular formula is C20H22N2O2. The van der Waals surface area contributed by atoms with E-state index in [0.29, 0.717) is 0 Å². The summed E-state index contributed by atoms with van der Waals surface area (Å²) in [5, 5.41) is 13.0. The summed E-state index contributed by atoms with van der Waals surface area (Å²) < 4.78 is 0. The number of hydrogen-bond acceptors (Lipinski definition) is 3. The van der Waals surface area contributed by atoms with Gasteiger partial charge in [0.05, 0.1) is 0 Å². The van der Waals surface area contributed by atoms with E-state index in [9.17, 15) is 9.90 Å².